The first-order valence-electron chi connectivity index (χ1n) is 10.6. The molecule has 2 fully saturated rings. The van der Waals surface area contributed by atoms with E-state index in [0.29, 0.717) is 44.5 Å². The first-order chi connectivity index (χ1) is 15.1. The van der Waals surface area contributed by atoms with Crippen molar-refractivity contribution in [1.82, 2.24) is 14.5 Å². The molecule has 2 saturated heterocycles. The van der Waals surface area contributed by atoms with Gasteiger partial charge in [0.2, 0.25) is 0 Å². The van der Waals surface area contributed by atoms with Crippen LogP contribution in [0.3, 0.4) is 0 Å². The van der Waals surface area contributed by atoms with Gasteiger partial charge in [-0.25, -0.2) is 4.79 Å². The molecule has 4 N–H and O–H groups in total. The number of hydrogen-bond acceptors (Lipinski definition) is 6. The van der Waals surface area contributed by atoms with E-state index in [4.69, 9.17) is 10.5 Å². The molecule has 10 heteroatoms. The second-order valence-corrected chi connectivity index (χ2v) is 9.73. The van der Waals surface area contributed by atoms with Gasteiger partial charge in [-0.1, -0.05) is 12.1 Å². The highest BCUT2D eigenvalue weighted by molar-refractivity contribution is 9.10. The summed E-state index contributed by atoms with van der Waals surface area (Å²) in [5, 5.41) is 11.3. The van der Waals surface area contributed by atoms with Crippen LogP contribution in [0, 0.1) is 0 Å². The lowest BCUT2D eigenvalue weighted by atomic mass is 9.75. The molecule has 1 amide bonds. The maximum atomic E-state index is 12.9. The number of rotatable bonds is 3. The van der Waals surface area contributed by atoms with E-state index in [1.165, 1.54) is 10.8 Å². The zero-order chi connectivity index (χ0) is 23.1. The summed E-state index contributed by atoms with van der Waals surface area (Å²) in [5.74, 6) is -0.0338. The van der Waals surface area contributed by atoms with Crippen LogP contribution in [0.4, 0.5) is 0 Å². The zero-order valence-corrected chi connectivity index (χ0v) is 19.4. The minimum Gasteiger partial charge on any atom is -0.388 e. The van der Waals surface area contributed by atoms with E-state index >= 15 is 0 Å². The number of H-pyrrole nitrogens is 1. The van der Waals surface area contributed by atoms with Crippen molar-refractivity contribution in [2.45, 2.75) is 50.0 Å². The molecule has 0 radical (unpaired) electrons. The normalized spacial score (nSPS) is 25.1. The number of amides is 1. The molecule has 2 aliphatic heterocycles. The van der Waals surface area contributed by atoms with E-state index in [1.807, 2.05) is 12.1 Å². The summed E-state index contributed by atoms with van der Waals surface area (Å²) in [7, 11) is 0. The maximum Gasteiger partial charge on any atom is 0.328 e. The fourth-order valence-corrected chi connectivity index (χ4v) is 5.05. The molecule has 1 aromatic carbocycles. The largest absolute Gasteiger partial charge is 0.388 e. The number of nitrogens with two attached hydrogens (primary N) is 1. The number of nitrogens with zero attached hydrogens (tertiary/aromatic N) is 2. The number of aromatic nitrogens is 2. The van der Waals surface area contributed by atoms with Gasteiger partial charge in [0.15, 0.2) is 0 Å². The summed E-state index contributed by atoms with van der Waals surface area (Å²) >= 11 is 3.13. The standard InChI is InChI=1S/C22H27BrN4O5/c1-21(31)13-22(32-12-17(21)27-11-16(23)18(28)25-20(27)30)6-8-26(9-7-22)19(29)15-4-2-14(10-24)3-5-15/h2-5,11,17,31H,6-10,12-13,24H2,1H3,(H,25,28,30)/t17-,21-/m0/s1. The van der Waals surface area contributed by atoms with Crippen molar-refractivity contribution in [3.05, 3.63) is 66.9 Å². The third kappa shape index (κ3) is 4.32. The van der Waals surface area contributed by atoms with Gasteiger partial charge >= 0.3 is 5.69 Å². The third-order valence-corrected chi connectivity index (χ3v) is 7.17. The van der Waals surface area contributed by atoms with Gasteiger partial charge in [-0.3, -0.25) is 19.1 Å². The topological polar surface area (TPSA) is 131 Å². The van der Waals surface area contributed by atoms with Gasteiger partial charge < -0.3 is 20.5 Å². The molecule has 0 saturated carbocycles. The lowest BCUT2D eigenvalue weighted by Crippen LogP contribution is -2.59. The van der Waals surface area contributed by atoms with Crippen LogP contribution in [-0.4, -0.2) is 56.4 Å². The van der Waals surface area contributed by atoms with Crippen molar-refractivity contribution < 1.29 is 14.6 Å². The van der Waals surface area contributed by atoms with Crippen molar-refractivity contribution in [2.24, 2.45) is 5.73 Å². The van der Waals surface area contributed by atoms with Crippen LogP contribution in [0.2, 0.25) is 0 Å². The fraction of sp³-hybridized carbons (Fsp3) is 0.500. The predicted molar refractivity (Wildman–Crippen MR) is 121 cm³/mol. The van der Waals surface area contributed by atoms with Gasteiger partial charge in [-0.05, 0) is 53.4 Å². The highest BCUT2D eigenvalue weighted by Gasteiger charge is 2.50. The molecule has 3 heterocycles. The Balaban J connectivity index is 1.45. The Morgan fingerprint density at radius 3 is 2.53 bits per heavy atom. The molecule has 172 valence electrons. The number of benzene rings is 1. The Morgan fingerprint density at radius 2 is 1.94 bits per heavy atom. The second kappa shape index (κ2) is 8.58. The molecule has 4 rings (SSSR count). The highest BCUT2D eigenvalue weighted by Crippen LogP contribution is 2.43. The molecule has 0 aliphatic carbocycles. The summed E-state index contributed by atoms with van der Waals surface area (Å²) in [6.07, 6.45) is 2.89. The van der Waals surface area contributed by atoms with Crippen LogP contribution >= 0.6 is 15.9 Å². The second-order valence-electron chi connectivity index (χ2n) is 8.88. The maximum absolute atomic E-state index is 12.9. The molecule has 2 aromatic rings. The first-order valence-corrected chi connectivity index (χ1v) is 11.4. The molecular formula is C22H27BrN4O5. The Morgan fingerprint density at radius 1 is 1.28 bits per heavy atom. The smallest absolute Gasteiger partial charge is 0.328 e. The van der Waals surface area contributed by atoms with Gasteiger partial charge in [0, 0.05) is 37.8 Å². The van der Waals surface area contributed by atoms with Gasteiger partial charge in [0.1, 0.15) is 0 Å². The number of likely N-dealkylation sites (tertiary alicyclic amines) is 1. The fourth-order valence-electron chi connectivity index (χ4n) is 4.73. The third-order valence-electron chi connectivity index (χ3n) is 6.60. The molecule has 2 atom stereocenters. The van der Waals surface area contributed by atoms with Crippen molar-refractivity contribution in [2.75, 3.05) is 19.7 Å². The van der Waals surface area contributed by atoms with E-state index in [0.717, 1.165) is 5.56 Å². The lowest BCUT2D eigenvalue weighted by Gasteiger charge is -2.51. The van der Waals surface area contributed by atoms with Crippen molar-refractivity contribution >= 4 is 21.8 Å². The van der Waals surface area contributed by atoms with E-state index in [2.05, 4.69) is 20.9 Å². The van der Waals surface area contributed by atoms with Crippen LogP contribution in [0.15, 0.2) is 44.5 Å². The highest BCUT2D eigenvalue weighted by atomic mass is 79.9. The molecule has 0 bridgehead atoms. The van der Waals surface area contributed by atoms with Gasteiger partial charge in [-0.15, -0.1) is 0 Å². The number of hydrogen-bond donors (Lipinski definition) is 3. The molecule has 32 heavy (non-hydrogen) atoms. The quantitative estimate of drug-likeness (QED) is 0.572. The van der Waals surface area contributed by atoms with Gasteiger partial charge in [-0.2, -0.15) is 0 Å². The van der Waals surface area contributed by atoms with E-state index in [-0.39, 0.29) is 17.0 Å². The molecular weight excluding hydrogens is 480 g/mol. The van der Waals surface area contributed by atoms with Gasteiger partial charge in [0.25, 0.3) is 11.5 Å². The molecule has 1 aromatic heterocycles. The van der Waals surface area contributed by atoms with Crippen LogP contribution in [0.25, 0.3) is 0 Å². The van der Waals surface area contributed by atoms with Crippen molar-refractivity contribution in [1.29, 1.82) is 0 Å². The number of carbonyl (C=O) groups is 1. The van der Waals surface area contributed by atoms with Crippen LogP contribution in [0.1, 0.15) is 48.1 Å². The molecule has 9 nitrogen and oxygen atoms in total. The molecule has 0 unspecified atom stereocenters. The monoisotopic (exact) mass is 506 g/mol. The van der Waals surface area contributed by atoms with Crippen LogP contribution < -0.4 is 17.0 Å². The number of nitrogens with one attached hydrogen (secondary N) is 1. The first kappa shape index (κ1) is 22.9. The summed E-state index contributed by atoms with van der Waals surface area (Å²) in [6.45, 7) is 3.27. The number of aliphatic hydroxyl groups is 1. The Bertz CT molecular complexity index is 1120. The lowest BCUT2D eigenvalue weighted by molar-refractivity contribution is -0.195. The minimum atomic E-state index is -1.23. The predicted octanol–water partition coefficient (Wildman–Crippen LogP) is 1.15. The number of halogens is 1. The minimum absolute atomic E-state index is 0.0338. The number of aromatic amines is 1. The molecule has 1 spiro atoms. The average molecular weight is 507 g/mol. The molecule has 2 aliphatic rings. The summed E-state index contributed by atoms with van der Waals surface area (Å²) in [6, 6.07) is 6.66. The summed E-state index contributed by atoms with van der Waals surface area (Å²) in [4.78, 5) is 40.9. The average Bonchev–Trinajstić information content (AvgIpc) is 2.76. The van der Waals surface area contributed by atoms with Crippen molar-refractivity contribution in [3.63, 3.8) is 0 Å². The van der Waals surface area contributed by atoms with Gasteiger partial charge in [0.05, 0.1) is 28.3 Å². The van der Waals surface area contributed by atoms with Crippen molar-refractivity contribution in [3.8, 4) is 0 Å². The summed E-state index contributed by atoms with van der Waals surface area (Å²) < 4.78 is 7.73. The van der Waals surface area contributed by atoms with Crippen LogP contribution in [-0.2, 0) is 11.3 Å². The Kier molecular flexibility index (Phi) is 6.15. The van der Waals surface area contributed by atoms with E-state index in [9.17, 15) is 19.5 Å². The number of carbonyl (C=O) groups excluding carboxylic acids is 1. The number of piperidine rings is 1. The van der Waals surface area contributed by atoms with E-state index in [1.54, 1.807) is 24.0 Å². The van der Waals surface area contributed by atoms with E-state index < -0.39 is 28.5 Å². The van der Waals surface area contributed by atoms with Crippen LogP contribution in [0.5, 0.6) is 0 Å². The Labute approximate surface area is 193 Å². The zero-order valence-electron chi connectivity index (χ0n) is 17.8. The number of ether oxygens (including phenoxy) is 1. The Hall–Kier alpha value is -2.27. The summed E-state index contributed by atoms with van der Waals surface area (Å²) in [5.41, 5.74) is 4.31. The SMILES string of the molecule is C[C@]1(O)CC2(CCN(C(=O)c3ccc(CN)cc3)CC2)OC[C@@H]1n1cc(Br)c(=O)[nH]c1=O.